The van der Waals surface area contributed by atoms with Crippen LogP contribution in [0.1, 0.15) is 25.3 Å². The number of amides is 1. The maximum absolute atomic E-state index is 13.8. The van der Waals surface area contributed by atoms with Crippen LogP contribution in [0.4, 0.5) is 10.1 Å². The van der Waals surface area contributed by atoms with Gasteiger partial charge < -0.3 is 19.9 Å². The number of anilines is 1. The molecule has 5 rings (SSSR count). The van der Waals surface area contributed by atoms with E-state index in [9.17, 15) is 9.18 Å². The van der Waals surface area contributed by atoms with Crippen LogP contribution < -0.4 is 15.0 Å². The quantitative estimate of drug-likeness (QED) is 0.330. The van der Waals surface area contributed by atoms with E-state index in [4.69, 9.17) is 16.3 Å². The van der Waals surface area contributed by atoms with Crippen LogP contribution in [-0.2, 0) is 4.79 Å². The normalized spacial score (nSPS) is 14.8. The number of ether oxygens (including phenoxy) is 1. The van der Waals surface area contributed by atoms with Gasteiger partial charge in [0, 0.05) is 49.9 Å². The van der Waals surface area contributed by atoms with Crippen molar-refractivity contribution in [3.63, 3.8) is 0 Å². The molecule has 1 amide bonds. The molecule has 2 aromatic carbocycles. The molecule has 198 valence electrons. The van der Waals surface area contributed by atoms with E-state index in [0.29, 0.717) is 54.9 Å². The molecule has 2 N–H and O–H groups in total. The maximum Gasteiger partial charge on any atom is 0.231 e. The molecule has 3 heterocycles. The zero-order valence-corrected chi connectivity index (χ0v) is 22.1. The van der Waals surface area contributed by atoms with E-state index in [2.05, 4.69) is 39.2 Å². The van der Waals surface area contributed by atoms with Crippen molar-refractivity contribution in [2.45, 2.75) is 25.8 Å². The molecule has 2 aromatic heterocycles. The summed E-state index contributed by atoms with van der Waals surface area (Å²) in [6.07, 6.45) is 3.33. The molecule has 0 saturated carbocycles. The van der Waals surface area contributed by atoms with Crippen molar-refractivity contribution >= 4 is 34.2 Å². The van der Waals surface area contributed by atoms with Crippen LogP contribution in [0.5, 0.6) is 11.5 Å². The van der Waals surface area contributed by atoms with Gasteiger partial charge in [0.15, 0.2) is 11.4 Å². The summed E-state index contributed by atoms with van der Waals surface area (Å²) in [5.74, 6) is 0.280. The first kappa shape index (κ1) is 25.9. The highest BCUT2D eigenvalue weighted by molar-refractivity contribution is 6.30. The molecule has 1 unspecified atom stereocenters. The molecule has 0 bridgehead atoms. The molecular weight excluding hydrogens is 507 g/mol. The SMILES string of the molecule is CC(C)NCC(C(=O)N1CCN(c2c(Oc3cccc(F)c3)cnc3[nH]ncc23)CC1)c1ccc(Cl)cc1. The zero-order valence-electron chi connectivity index (χ0n) is 21.3. The van der Waals surface area contributed by atoms with Crippen molar-refractivity contribution in [1.29, 1.82) is 0 Å². The average molecular weight is 537 g/mol. The number of carbonyl (C=O) groups is 1. The Labute approximate surface area is 225 Å². The first-order valence-corrected chi connectivity index (χ1v) is 13.0. The summed E-state index contributed by atoms with van der Waals surface area (Å²) in [4.78, 5) is 22.2. The monoisotopic (exact) mass is 536 g/mol. The lowest BCUT2D eigenvalue weighted by molar-refractivity contribution is -0.133. The largest absolute Gasteiger partial charge is 0.453 e. The average Bonchev–Trinajstić information content (AvgIpc) is 3.38. The van der Waals surface area contributed by atoms with Crippen LogP contribution in [-0.4, -0.2) is 64.8 Å². The van der Waals surface area contributed by atoms with E-state index in [1.165, 1.54) is 12.1 Å². The highest BCUT2D eigenvalue weighted by Crippen LogP contribution is 2.38. The maximum atomic E-state index is 13.8. The third-order valence-corrected chi connectivity index (χ3v) is 6.90. The Bertz CT molecular complexity index is 1400. The van der Waals surface area contributed by atoms with E-state index in [1.54, 1.807) is 24.5 Å². The van der Waals surface area contributed by atoms with E-state index < -0.39 is 0 Å². The van der Waals surface area contributed by atoms with Gasteiger partial charge in [0.05, 0.1) is 29.4 Å². The summed E-state index contributed by atoms with van der Waals surface area (Å²) in [6, 6.07) is 13.8. The van der Waals surface area contributed by atoms with Crippen LogP contribution in [0.25, 0.3) is 11.0 Å². The molecule has 1 fully saturated rings. The second kappa shape index (κ2) is 11.4. The summed E-state index contributed by atoms with van der Waals surface area (Å²) in [6.45, 7) is 6.97. The first-order valence-electron chi connectivity index (χ1n) is 12.7. The van der Waals surface area contributed by atoms with Gasteiger partial charge in [0.2, 0.25) is 5.91 Å². The van der Waals surface area contributed by atoms with Crippen LogP contribution in [0.15, 0.2) is 60.9 Å². The van der Waals surface area contributed by atoms with Crippen LogP contribution in [0, 0.1) is 5.82 Å². The van der Waals surface area contributed by atoms with Gasteiger partial charge in [-0.15, -0.1) is 0 Å². The van der Waals surface area contributed by atoms with Crippen molar-refractivity contribution in [3.8, 4) is 11.5 Å². The topological polar surface area (TPSA) is 86.4 Å². The number of rotatable bonds is 8. The minimum Gasteiger partial charge on any atom is -0.453 e. The Morgan fingerprint density at radius 2 is 1.89 bits per heavy atom. The number of aromatic amines is 1. The predicted octanol–water partition coefficient (Wildman–Crippen LogP) is 4.97. The molecule has 1 atom stereocenters. The molecule has 1 aliphatic heterocycles. The number of halogens is 2. The number of pyridine rings is 1. The zero-order chi connectivity index (χ0) is 26.6. The van der Waals surface area contributed by atoms with Gasteiger partial charge in [-0.25, -0.2) is 9.37 Å². The van der Waals surface area contributed by atoms with Gasteiger partial charge in [-0.05, 0) is 29.8 Å². The lowest BCUT2D eigenvalue weighted by Gasteiger charge is -2.38. The summed E-state index contributed by atoms with van der Waals surface area (Å²) in [7, 11) is 0. The fraction of sp³-hybridized carbons (Fsp3) is 0.321. The number of carbonyl (C=O) groups excluding carboxylic acids is 1. The number of H-pyrrole nitrogens is 1. The number of piperazine rings is 1. The Balaban J connectivity index is 1.35. The molecule has 38 heavy (non-hydrogen) atoms. The number of nitrogens with one attached hydrogen (secondary N) is 2. The number of hydrogen-bond donors (Lipinski definition) is 2. The Hall–Kier alpha value is -3.69. The summed E-state index contributed by atoms with van der Waals surface area (Å²) in [5.41, 5.74) is 2.39. The number of fused-ring (bicyclic) bond motifs is 1. The molecule has 10 heteroatoms. The Morgan fingerprint density at radius 3 is 2.61 bits per heavy atom. The van der Waals surface area contributed by atoms with Gasteiger partial charge in [-0.1, -0.05) is 43.6 Å². The fourth-order valence-electron chi connectivity index (χ4n) is 4.69. The Kier molecular flexibility index (Phi) is 7.76. The van der Waals surface area contributed by atoms with Crippen molar-refractivity contribution in [3.05, 3.63) is 77.3 Å². The van der Waals surface area contributed by atoms with Crippen molar-refractivity contribution < 1.29 is 13.9 Å². The summed E-state index contributed by atoms with van der Waals surface area (Å²) in [5, 5.41) is 11.9. The molecular formula is C28H30ClFN6O2. The standard InChI is InChI=1S/C28H30ClFN6O2/c1-18(2)31-15-23(19-6-8-20(29)9-7-19)28(37)36-12-10-35(11-13-36)26-24-16-33-34-27(24)32-17-25(26)38-22-5-3-4-21(30)14-22/h3-9,14,16-18,23,31H,10-13,15H2,1-2H3,(H,32,33,34). The molecule has 8 nitrogen and oxygen atoms in total. The smallest absolute Gasteiger partial charge is 0.231 e. The summed E-state index contributed by atoms with van der Waals surface area (Å²) < 4.78 is 19.9. The van der Waals surface area contributed by atoms with E-state index in [1.807, 2.05) is 29.2 Å². The first-order chi connectivity index (χ1) is 18.4. The van der Waals surface area contributed by atoms with Gasteiger partial charge in [0.25, 0.3) is 0 Å². The van der Waals surface area contributed by atoms with Gasteiger partial charge in [-0.2, -0.15) is 5.10 Å². The predicted molar refractivity (Wildman–Crippen MR) is 146 cm³/mol. The van der Waals surface area contributed by atoms with Gasteiger partial charge >= 0.3 is 0 Å². The molecule has 0 radical (unpaired) electrons. The van der Waals surface area contributed by atoms with Crippen LogP contribution in [0.3, 0.4) is 0 Å². The summed E-state index contributed by atoms with van der Waals surface area (Å²) >= 11 is 6.09. The molecule has 1 aliphatic rings. The van der Waals surface area contributed by atoms with E-state index >= 15 is 0 Å². The highest BCUT2D eigenvalue weighted by atomic mass is 35.5. The third kappa shape index (κ3) is 5.74. The van der Waals surface area contributed by atoms with Crippen LogP contribution in [0.2, 0.25) is 5.02 Å². The minimum atomic E-state index is -0.379. The molecule has 0 aliphatic carbocycles. The van der Waals surface area contributed by atoms with Crippen molar-refractivity contribution in [2.75, 3.05) is 37.6 Å². The number of aromatic nitrogens is 3. The van der Waals surface area contributed by atoms with Crippen molar-refractivity contribution in [1.82, 2.24) is 25.4 Å². The third-order valence-electron chi connectivity index (χ3n) is 6.65. The molecule has 0 spiro atoms. The van der Waals surface area contributed by atoms with Gasteiger partial charge in [0.1, 0.15) is 11.6 Å². The fourth-order valence-corrected chi connectivity index (χ4v) is 4.82. The number of hydrogen-bond acceptors (Lipinski definition) is 6. The second-order valence-electron chi connectivity index (χ2n) is 9.64. The lowest BCUT2D eigenvalue weighted by atomic mass is 9.96. The Morgan fingerprint density at radius 1 is 1.13 bits per heavy atom. The number of benzene rings is 2. The van der Waals surface area contributed by atoms with E-state index in [-0.39, 0.29) is 23.7 Å². The minimum absolute atomic E-state index is 0.0829. The van der Waals surface area contributed by atoms with Crippen LogP contribution >= 0.6 is 11.6 Å². The molecule has 4 aromatic rings. The lowest BCUT2D eigenvalue weighted by Crippen LogP contribution is -2.51. The van der Waals surface area contributed by atoms with Gasteiger partial charge in [-0.3, -0.25) is 9.89 Å². The van der Waals surface area contributed by atoms with Crippen molar-refractivity contribution in [2.24, 2.45) is 0 Å². The molecule has 1 saturated heterocycles. The number of nitrogens with zero attached hydrogens (tertiary/aromatic N) is 4. The van der Waals surface area contributed by atoms with E-state index in [0.717, 1.165) is 16.6 Å². The highest BCUT2D eigenvalue weighted by Gasteiger charge is 2.30. The second-order valence-corrected chi connectivity index (χ2v) is 10.1.